The molecular weight excluding hydrogens is 172 g/mol. The average molecular weight is 182 g/mol. The van der Waals surface area contributed by atoms with Gasteiger partial charge in [-0.05, 0) is 6.42 Å². The minimum atomic E-state index is -4.63. The highest BCUT2D eigenvalue weighted by molar-refractivity contribution is 7.81. The summed E-state index contributed by atoms with van der Waals surface area (Å²) in [5, 5.41) is 0. The first-order valence-electron chi connectivity index (χ1n) is 3.07. The summed E-state index contributed by atoms with van der Waals surface area (Å²) >= 11 is 0. The normalized spacial score (nSPS) is 14.1. The number of hydrogen-bond acceptors (Lipinski definition) is 4. The summed E-state index contributed by atoms with van der Waals surface area (Å²) in [7, 11) is -4.63. The molecule has 5 nitrogen and oxygen atoms in total. The molecule has 66 valence electrons. The lowest BCUT2D eigenvalue weighted by atomic mass is 10.1. The van der Waals surface area contributed by atoms with Crippen molar-refractivity contribution in [2.24, 2.45) is 5.92 Å². The molecule has 0 aromatic heterocycles. The fraction of sp³-hybridized carbons (Fsp3) is 0.800. The summed E-state index contributed by atoms with van der Waals surface area (Å²) in [6.07, 6.45) is 0.467. The molecule has 0 bridgehead atoms. The Kier molecular flexibility index (Phi) is 3.47. The van der Waals surface area contributed by atoms with Gasteiger partial charge in [-0.1, -0.05) is 13.8 Å². The molecule has 1 unspecified atom stereocenters. The second-order valence-electron chi connectivity index (χ2n) is 2.14. The zero-order valence-electron chi connectivity index (χ0n) is 6.27. The quantitative estimate of drug-likeness (QED) is 0.638. The van der Waals surface area contributed by atoms with Crippen LogP contribution in [0.4, 0.5) is 0 Å². The number of carbonyl (C=O) groups is 1. The van der Waals surface area contributed by atoms with Gasteiger partial charge in [0.05, 0.1) is 5.92 Å². The molecule has 0 saturated heterocycles. The van der Waals surface area contributed by atoms with Gasteiger partial charge >= 0.3 is 16.4 Å². The van der Waals surface area contributed by atoms with Gasteiger partial charge in [-0.25, -0.2) is 0 Å². The van der Waals surface area contributed by atoms with Crippen LogP contribution in [0.25, 0.3) is 0 Å². The molecule has 0 heterocycles. The van der Waals surface area contributed by atoms with Crippen molar-refractivity contribution in [1.82, 2.24) is 0 Å². The standard InChI is InChI=1S/C5H10O5S/c1-3-4(2)5(6)10-11(7,8)9/h4H,3H2,1-2H3,(H,7,8,9). The van der Waals surface area contributed by atoms with Gasteiger partial charge in [0.15, 0.2) is 0 Å². The van der Waals surface area contributed by atoms with Crippen molar-refractivity contribution in [1.29, 1.82) is 0 Å². The van der Waals surface area contributed by atoms with Crippen LogP contribution in [-0.4, -0.2) is 18.9 Å². The maximum absolute atomic E-state index is 10.6. The van der Waals surface area contributed by atoms with Crippen LogP contribution in [-0.2, 0) is 19.4 Å². The van der Waals surface area contributed by atoms with E-state index in [0.29, 0.717) is 6.42 Å². The number of carbonyl (C=O) groups excluding carboxylic acids is 1. The molecule has 11 heavy (non-hydrogen) atoms. The number of rotatable bonds is 3. The zero-order chi connectivity index (χ0) is 9.07. The van der Waals surface area contributed by atoms with E-state index in [1.807, 2.05) is 0 Å². The summed E-state index contributed by atoms with van der Waals surface area (Å²) < 4.78 is 31.7. The molecule has 0 aliphatic carbocycles. The molecule has 0 spiro atoms. The molecule has 0 saturated carbocycles. The van der Waals surface area contributed by atoms with Gasteiger partial charge in [0, 0.05) is 0 Å². The molecular formula is C5H10O5S. The van der Waals surface area contributed by atoms with E-state index in [-0.39, 0.29) is 0 Å². The Balaban J connectivity index is 4.10. The average Bonchev–Trinajstić information content (AvgIpc) is 1.82. The summed E-state index contributed by atoms with van der Waals surface area (Å²) in [6, 6.07) is 0. The molecule has 0 rings (SSSR count). The van der Waals surface area contributed by atoms with Crippen LogP contribution in [0.15, 0.2) is 0 Å². The highest BCUT2D eigenvalue weighted by Gasteiger charge is 2.18. The molecule has 1 N–H and O–H groups in total. The second kappa shape index (κ2) is 3.68. The number of hydrogen-bond donors (Lipinski definition) is 1. The van der Waals surface area contributed by atoms with Gasteiger partial charge in [-0.15, -0.1) is 0 Å². The van der Waals surface area contributed by atoms with E-state index in [2.05, 4.69) is 4.18 Å². The van der Waals surface area contributed by atoms with Crippen LogP contribution in [0.3, 0.4) is 0 Å². The predicted octanol–water partition coefficient (Wildman–Crippen LogP) is 0.379. The van der Waals surface area contributed by atoms with Gasteiger partial charge < -0.3 is 4.18 Å². The zero-order valence-corrected chi connectivity index (χ0v) is 7.09. The van der Waals surface area contributed by atoms with E-state index < -0.39 is 22.3 Å². The summed E-state index contributed by atoms with van der Waals surface area (Å²) in [5.74, 6) is -1.45. The van der Waals surface area contributed by atoms with Crippen LogP contribution < -0.4 is 0 Å². The van der Waals surface area contributed by atoms with E-state index in [9.17, 15) is 13.2 Å². The fourth-order valence-electron chi connectivity index (χ4n) is 0.353. The van der Waals surface area contributed by atoms with Crippen molar-refractivity contribution in [3.05, 3.63) is 0 Å². The Morgan fingerprint density at radius 2 is 2.09 bits per heavy atom. The lowest BCUT2D eigenvalue weighted by Gasteiger charge is -2.04. The van der Waals surface area contributed by atoms with Gasteiger partial charge in [0.25, 0.3) is 0 Å². The van der Waals surface area contributed by atoms with E-state index in [1.54, 1.807) is 6.92 Å². The van der Waals surface area contributed by atoms with Crippen LogP contribution >= 0.6 is 0 Å². The van der Waals surface area contributed by atoms with Gasteiger partial charge in [-0.3, -0.25) is 9.35 Å². The Bertz CT molecular complexity index is 229. The molecule has 0 aromatic carbocycles. The maximum Gasteiger partial charge on any atom is 0.448 e. The molecule has 0 fully saturated rings. The van der Waals surface area contributed by atoms with Crippen molar-refractivity contribution in [2.45, 2.75) is 20.3 Å². The molecule has 6 heteroatoms. The predicted molar refractivity (Wildman–Crippen MR) is 37.1 cm³/mol. The molecule has 0 amide bonds. The summed E-state index contributed by atoms with van der Waals surface area (Å²) in [5.41, 5.74) is 0. The van der Waals surface area contributed by atoms with Gasteiger partial charge in [0.2, 0.25) is 0 Å². The van der Waals surface area contributed by atoms with Gasteiger partial charge in [-0.2, -0.15) is 8.42 Å². The third kappa shape index (κ3) is 4.74. The van der Waals surface area contributed by atoms with E-state index in [0.717, 1.165) is 0 Å². The van der Waals surface area contributed by atoms with Gasteiger partial charge in [0.1, 0.15) is 0 Å². The smallest absolute Gasteiger partial charge is 0.325 e. The SMILES string of the molecule is CCC(C)C(=O)OS(=O)(=O)O. The Morgan fingerprint density at radius 3 is 2.36 bits per heavy atom. The molecule has 0 aromatic rings. The van der Waals surface area contributed by atoms with Crippen molar-refractivity contribution in [2.75, 3.05) is 0 Å². The summed E-state index contributed by atoms with van der Waals surface area (Å²) in [6.45, 7) is 3.21. The van der Waals surface area contributed by atoms with Crippen molar-refractivity contribution < 1.29 is 21.9 Å². The minimum absolute atomic E-state index is 0.467. The maximum atomic E-state index is 10.6. The van der Waals surface area contributed by atoms with Crippen molar-refractivity contribution in [3.63, 3.8) is 0 Å². The first-order valence-corrected chi connectivity index (χ1v) is 4.44. The van der Waals surface area contributed by atoms with Crippen molar-refractivity contribution >= 4 is 16.4 Å². The Morgan fingerprint density at radius 1 is 1.64 bits per heavy atom. The van der Waals surface area contributed by atoms with Crippen LogP contribution in [0, 0.1) is 5.92 Å². The molecule has 0 radical (unpaired) electrons. The topological polar surface area (TPSA) is 80.7 Å². The highest BCUT2D eigenvalue weighted by atomic mass is 32.3. The van der Waals surface area contributed by atoms with E-state index >= 15 is 0 Å². The van der Waals surface area contributed by atoms with E-state index in [4.69, 9.17) is 4.55 Å². The minimum Gasteiger partial charge on any atom is -0.325 e. The monoisotopic (exact) mass is 182 g/mol. The third-order valence-corrected chi connectivity index (χ3v) is 1.58. The lowest BCUT2D eigenvalue weighted by molar-refractivity contribution is -0.138. The lowest BCUT2D eigenvalue weighted by Crippen LogP contribution is -2.18. The first kappa shape index (κ1) is 10.4. The molecule has 0 aliphatic rings. The first-order chi connectivity index (χ1) is 4.87. The van der Waals surface area contributed by atoms with Crippen LogP contribution in [0.1, 0.15) is 20.3 Å². The summed E-state index contributed by atoms with van der Waals surface area (Å²) in [4.78, 5) is 10.6. The van der Waals surface area contributed by atoms with Crippen molar-refractivity contribution in [3.8, 4) is 0 Å². The van der Waals surface area contributed by atoms with E-state index in [1.165, 1.54) is 6.92 Å². The highest BCUT2D eigenvalue weighted by Crippen LogP contribution is 2.04. The largest absolute Gasteiger partial charge is 0.448 e. The second-order valence-corrected chi connectivity index (χ2v) is 3.16. The molecule has 1 atom stereocenters. The van der Waals surface area contributed by atoms with Crippen LogP contribution in [0.5, 0.6) is 0 Å². The fourth-order valence-corrected chi connectivity index (χ4v) is 0.724. The Hall–Kier alpha value is -0.620. The van der Waals surface area contributed by atoms with Crippen LogP contribution in [0.2, 0.25) is 0 Å². The Labute approximate surface area is 65.3 Å². The third-order valence-electron chi connectivity index (χ3n) is 1.20. The molecule has 0 aliphatic heterocycles.